The molecule has 0 amide bonds. The minimum Gasteiger partial charge on any atom is -0.398 e. The van der Waals surface area contributed by atoms with Gasteiger partial charge in [-0.2, -0.15) is 0 Å². The van der Waals surface area contributed by atoms with Gasteiger partial charge in [0, 0.05) is 29.4 Å². The van der Waals surface area contributed by atoms with Crippen LogP contribution in [0.2, 0.25) is 0 Å². The highest BCUT2D eigenvalue weighted by molar-refractivity contribution is 7.10. The van der Waals surface area contributed by atoms with Crippen molar-refractivity contribution in [2.45, 2.75) is 26.3 Å². The fourth-order valence-corrected chi connectivity index (χ4v) is 3.47. The summed E-state index contributed by atoms with van der Waals surface area (Å²) in [6.07, 6.45) is 2.97. The van der Waals surface area contributed by atoms with Crippen LogP contribution in [0.1, 0.15) is 29.0 Å². The topological polar surface area (TPSA) is 42.2 Å². The predicted molar refractivity (Wildman–Crippen MR) is 77.2 cm³/mol. The van der Waals surface area contributed by atoms with Crippen LogP contribution in [0, 0.1) is 6.92 Å². The van der Waals surface area contributed by atoms with Crippen molar-refractivity contribution in [3.05, 3.63) is 39.7 Å². The second-order valence-electron chi connectivity index (χ2n) is 4.82. The lowest BCUT2D eigenvalue weighted by atomic mass is 10.0. The van der Waals surface area contributed by atoms with Crippen molar-refractivity contribution < 1.29 is 0 Å². The van der Waals surface area contributed by atoms with Crippen molar-refractivity contribution in [3.8, 4) is 0 Å². The molecule has 3 rings (SSSR count). The molecule has 1 atom stereocenters. The van der Waals surface area contributed by atoms with Crippen molar-refractivity contribution >= 4 is 22.8 Å². The van der Waals surface area contributed by atoms with E-state index in [1.165, 1.54) is 10.4 Å². The standard InChI is InChI=1S/C14H17N3S/c1-9-8-16-14(7-12(9)15)17-5-3-13-11(10(17)2)4-6-18-13/h4,6-8,10H,3,5H2,1-2H3,(H2,15,16). The molecule has 1 aliphatic rings. The average molecular weight is 259 g/mol. The van der Waals surface area contributed by atoms with Gasteiger partial charge in [-0.3, -0.25) is 0 Å². The van der Waals surface area contributed by atoms with Crippen molar-refractivity contribution in [1.29, 1.82) is 0 Å². The Hall–Kier alpha value is -1.55. The molecule has 0 fully saturated rings. The molecule has 0 saturated carbocycles. The molecule has 18 heavy (non-hydrogen) atoms. The van der Waals surface area contributed by atoms with Gasteiger partial charge in [0.05, 0.1) is 6.04 Å². The van der Waals surface area contributed by atoms with Crippen LogP contribution in [0.5, 0.6) is 0 Å². The highest BCUT2D eigenvalue weighted by Crippen LogP contribution is 2.35. The summed E-state index contributed by atoms with van der Waals surface area (Å²) in [5.74, 6) is 0.988. The van der Waals surface area contributed by atoms with Gasteiger partial charge in [0.25, 0.3) is 0 Å². The summed E-state index contributed by atoms with van der Waals surface area (Å²) >= 11 is 1.86. The van der Waals surface area contributed by atoms with Gasteiger partial charge < -0.3 is 10.6 Å². The fourth-order valence-electron chi connectivity index (χ4n) is 2.51. The van der Waals surface area contributed by atoms with Gasteiger partial charge in [-0.15, -0.1) is 11.3 Å². The largest absolute Gasteiger partial charge is 0.398 e. The third-order valence-electron chi connectivity index (χ3n) is 3.70. The Labute approximate surface area is 111 Å². The van der Waals surface area contributed by atoms with Crippen LogP contribution in [0.15, 0.2) is 23.7 Å². The minimum absolute atomic E-state index is 0.384. The van der Waals surface area contributed by atoms with E-state index in [1.54, 1.807) is 0 Å². The summed E-state index contributed by atoms with van der Waals surface area (Å²) in [6.45, 7) is 5.25. The monoisotopic (exact) mass is 259 g/mol. The van der Waals surface area contributed by atoms with E-state index in [2.05, 4.69) is 28.3 Å². The molecule has 1 unspecified atom stereocenters. The third-order valence-corrected chi connectivity index (χ3v) is 4.70. The van der Waals surface area contributed by atoms with Crippen LogP contribution >= 0.6 is 11.3 Å². The number of fused-ring (bicyclic) bond motifs is 1. The third kappa shape index (κ3) is 1.77. The molecule has 2 N–H and O–H groups in total. The van der Waals surface area contributed by atoms with Crippen LogP contribution in [0.25, 0.3) is 0 Å². The van der Waals surface area contributed by atoms with Gasteiger partial charge in [-0.05, 0) is 42.8 Å². The van der Waals surface area contributed by atoms with Crippen molar-refractivity contribution in [3.63, 3.8) is 0 Å². The number of rotatable bonds is 1. The highest BCUT2D eigenvalue weighted by atomic mass is 32.1. The molecular weight excluding hydrogens is 242 g/mol. The summed E-state index contributed by atoms with van der Waals surface area (Å²) in [5, 5.41) is 2.18. The molecule has 2 aromatic heterocycles. The highest BCUT2D eigenvalue weighted by Gasteiger charge is 2.25. The number of anilines is 2. The summed E-state index contributed by atoms with van der Waals surface area (Å²) in [4.78, 5) is 8.37. The lowest BCUT2D eigenvalue weighted by Gasteiger charge is -2.34. The van der Waals surface area contributed by atoms with Gasteiger partial charge in [0.15, 0.2) is 0 Å². The Balaban J connectivity index is 1.96. The molecule has 0 aromatic carbocycles. The summed E-state index contributed by atoms with van der Waals surface area (Å²) in [7, 11) is 0. The first-order valence-electron chi connectivity index (χ1n) is 6.22. The van der Waals surface area contributed by atoms with Crippen molar-refractivity contribution in [2.24, 2.45) is 0 Å². The van der Waals surface area contributed by atoms with E-state index in [1.807, 2.05) is 30.5 Å². The van der Waals surface area contributed by atoms with Gasteiger partial charge >= 0.3 is 0 Å². The molecule has 3 heterocycles. The molecule has 0 saturated heterocycles. The van der Waals surface area contributed by atoms with Crippen LogP contribution < -0.4 is 10.6 Å². The SMILES string of the molecule is Cc1cnc(N2CCc3sccc3C2C)cc1N. The Bertz CT molecular complexity index is 576. The first-order chi connectivity index (χ1) is 8.66. The Kier molecular flexibility index (Phi) is 2.74. The Morgan fingerprint density at radius 1 is 1.50 bits per heavy atom. The molecular formula is C14H17N3S. The Morgan fingerprint density at radius 3 is 3.11 bits per heavy atom. The fraction of sp³-hybridized carbons (Fsp3) is 0.357. The number of nitrogens with two attached hydrogens (primary N) is 1. The van der Waals surface area contributed by atoms with Gasteiger partial charge in [-0.25, -0.2) is 4.98 Å². The summed E-state index contributed by atoms with van der Waals surface area (Å²) in [6, 6.07) is 4.60. The van der Waals surface area contributed by atoms with E-state index < -0.39 is 0 Å². The number of pyridine rings is 1. The van der Waals surface area contributed by atoms with E-state index in [4.69, 9.17) is 5.73 Å². The number of hydrogen-bond acceptors (Lipinski definition) is 4. The predicted octanol–water partition coefficient (Wildman–Crippen LogP) is 3.16. The van der Waals surface area contributed by atoms with E-state index in [9.17, 15) is 0 Å². The zero-order chi connectivity index (χ0) is 12.7. The van der Waals surface area contributed by atoms with Crippen molar-refractivity contribution in [1.82, 2.24) is 4.98 Å². The second kappa shape index (κ2) is 4.28. The van der Waals surface area contributed by atoms with Gasteiger partial charge in [-0.1, -0.05) is 0 Å². The molecule has 2 aromatic rings. The molecule has 4 heteroatoms. The normalized spacial score (nSPS) is 18.8. The van der Waals surface area contributed by atoms with Gasteiger partial charge in [0.2, 0.25) is 0 Å². The lowest BCUT2D eigenvalue weighted by Crippen LogP contribution is -2.33. The molecule has 1 aliphatic heterocycles. The zero-order valence-electron chi connectivity index (χ0n) is 10.7. The molecule has 0 bridgehead atoms. The summed E-state index contributed by atoms with van der Waals surface area (Å²) in [5.41, 5.74) is 9.28. The number of hydrogen-bond donors (Lipinski definition) is 1. The first kappa shape index (κ1) is 11.5. The number of thiophene rings is 1. The maximum absolute atomic E-state index is 5.98. The second-order valence-corrected chi connectivity index (χ2v) is 5.82. The van der Waals surface area contributed by atoms with Crippen molar-refractivity contribution in [2.75, 3.05) is 17.2 Å². The first-order valence-corrected chi connectivity index (χ1v) is 7.10. The molecule has 0 radical (unpaired) electrons. The molecule has 3 nitrogen and oxygen atoms in total. The zero-order valence-corrected chi connectivity index (χ0v) is 11.5. The smallest absolute Gasteiger partial charge is 0.131 e. The van der Waals surface area contributed by atoms with Crippen LogP contribution in [0.4, 0.5) is 11.5 Å². The van der Waals surface area contributed by atoms with Gasteiger partial charge in [0.1, 0.15) is 5.82 Å². The maximum atomic E-state index is 5.98. The average Bonchev–Trinajstić information content (AvgIpc) is 2.83. The number of aryl methyl sites for hydroxylation is 1. The maximum Gasteiger partial charge on any atom is 0.131 e. The number of aromatic nitrogens is 1. The van der Waals surface area contributed by atoms with E-state index in [0.717, 1.165) is 30.0 Å². The van der Waals surface area contributed by atoms with Crippen LogP contribution in [-0.2, 0) is 6.42 Å². The van der Waals surface area contributed by atoms with E-state index >= 15 is 0 Å². The van der Waals surface area contributed by atoms with E-state index in [-0.39, 0.29) is 0 Å². The molecule has 0 spiro atoms. The molecule has 94 valence electrons. The van der Waals surface area contributed by atoms with E-state index in [0.29, 0.717) is 6.04 Å². The summed E-state index contributed by atoms with van der Waals surface area (Å²) < 4.78 is 0. The van der Waals surface area contributed by atoms with Crippen LogP contribution in [-0.4, -0.2) is 11.5 Å². The quantitative estimate of drug-likeness (QED) is 0.855. The minimum atomic E-state index is 0.384. The Morgan fingerprint density at radius 2 is 2.33 bits per heavy atom. The number of nitrogens with zero attached hydrogens (tertiary/aromatic N) is 2. The van der Waals surface area contributed by atoms with Crippen LogP contribution in [0.3, 0.4) is 0 Å². The number of nitrogen functional groups attached to an aromatic ring is 1. The lowest BCUT2D eigenvalue weighted by molar-refractivity contribution is 0.625. The molecule has 0 aliphatic carbocycles.